The molecule has 2 atom stereocenters. The van der Waals surface area contributed by atoms with Gasteiger partial charge in [-0.3, -0.25) is 0 Å². The Morgan fingerprint density at radius 3 is 2.93 bits per heavy atom. The Kier molecular flexibility index (Phi) is 2.72. The van der Waals surface area contributed by atoms with E-state index in [1.165, 1.54) is 5.57 Å². The molecular formula is C13H18OS. The summed E-state index contributed by atoms with van der Waals surface area (Å²) in [6, 6.07) is 0. The fourth-order valence-electron chi connectivity index (χ4n) is 1.92. The van der Waals surface area contributed by atoms with E-state index in [2.05, 4.69) is 57.7 Å². The van der Waals surface area contributed by atoms with E-state index in [4.69, 9.17) is 4.74 Å². The second-order valence-electron chi connectivity index (χ2n) is 4.98. The molecular weight excluding hydrogens is 204 g/mol. The Bertz CT molecular complexity index is 350. The molecule has 1 saturated heterocycles. The lowest BCUT2D eigenvalue weighted by molar-refractivity contribution is 0.114. The molecule has 2 aliphatic rings. The van der Waals surface area contributed by atoms with E-state index in [9.17, 15) is 0 Å². The first kappa shape index (κ1) is 10.9. The average molecular weight is 222 g/mol. The molecule has 0 spiro atoms. The van der Waals surface area contributed by atoms with Crippen LogP contribution in [0.1, 0.15) is 27.2 Å². The number of fused-ring (bicyclic) bond motifs is 1. The summed E-state index contributed by atoms with van der Waals surface area (Å²) in [6.45, 7) is 6.46. The van der Waals surface area contributed by atoms with E-state index in [0.29, 0.717) is 5.25 Å². The molecule has 0 bridgehead atoms. The second-order valence-corrected chi connectivity index (χ2v) is 5.64. The molecule has 1 aliphatic heterocycles. The lowest BCUT2D eigenvalue weighted by atomic mass is 9.91. The van der Waals surface area contributed by atoms with Crippen molar-refractivity contribution >= 4 is 12.6 Å². The zero-order valence-corrected chi connectivity index (χ0v) is 10.4. The molecule has 0 aromatic heterocycles. The molecule has 2 unspecified atom stereocenters. The third-order valence-electron chi connectivity index (χ3n) is 2.93. The van der Waals surface area contributed by atoms with E-state index >= 15 is 0 Å². The van der Waals surface area contributed by atoms with E-state index in [0.717, 1.165) is 12.2 Å². The predicted octanol–water partition coefficient (Wildman–Crippen LogP) is 3.50. The number of thiol groups is 1. The zero-order valence-electron chi connectivity index (χ0n) is 9.53. The first-order valence-electron chi connectivity index (χ1n) is 5.44. The molecule has 0 aromatic rings. The normalized spacial score (nSPS) is 33.3. The van der Waals surface area contributed by atoms with Crippen molar-refractivity contribution in [2.45, 2.75) is 38.5 Å². The van der Waals surface area contributed by atoms with Gasteiger partial charge < -0.3 is 4.74 Å². The highest BCUT2D eigenvalue weighted by Gasteiger charge is 2.28. The monoisotopic (exact) mass is 222 g/mol. The van der Waals surface area contributed by atoms with E-state index in [1.807, 2.05) is 0 Å². The van der Waals surface area contributed by atoms with Crippen molar-refractivity contribution in [3.8, 4) is 0 Å². The van der Waals surface area contributed by atoms with Gasteiger partial charge in [0.2, 0.25) is 0 Å². The Hall–Kier alpha value is -0.630. The van der Waals surface area contributed by atoms with Gasteiger partial charge in [-0.15, -0.1) is 0 Å². The van der Waals surface area contributed by atoms with Gasteiger partial charge in [-0.05, 0) is 25.0 Å². The maximum atomic E-state index is 5.89. The van der Waals surface area contributed by atoms with Crippen LogP contribution in [0.2, 0.25) is 0 Å². The van der Waals surface area contributed by atoms with Crippen molar-refractivity contribution in [3.05, 3.63) is 35.6 Å². The molecule has 82 valence electrons. The van der Waals surface area contributed by atoms with Crippen LogP contribution < -0.4 is 0 Å². The van der Waals surface area contributed by atoms with Crippen LogP contribution in [0.4, 0.5) is 0 Å². The zero-order chi connectivity index (χ0) is 11.1. The standard InChI is InChI=1S/C13H18OS/c1-9-12(15)7-10-5-4-6-13(2,3)8-11(10)14-9/h4-6,8-9,12,15H,7H2,1-3H3. The average Bonchev–Trinajstić information content (AvgIpc) is 2.24. The predicted molar refractivity (Wildman–Crippen MR) is 67.0 cm³/mol. The van der Waals surface area contributed by atoms with Crippen LogP contribution >= 0.6 is 12.6 Å². The summed E-state index contributed by atoms with van der Waals surface area (Å²) in [5.74, 6) is 1.04. The van der Waals surface area contributed by atoms with Crippen molar-refractivity contribution in [3.63, 3.8) is 0 Å². The highest BCUT2D eigenvalue weighted by Crippen LogP contribution is 2.35. The quantitative estimate of drug-likeness (QED) is 0.617. The lowest BCUT2D eigenvalue weighted by Gasteiger charge is -2.31. The first-order valence-corrected chi connectivity index (χ1v) is 5.96. The third-order valence-corrected chi connectivity index (χ3v) is 3.53. The molecule has 1 heterocycles. The van der Waals surface area contributed by atoms with Crippen LogP contribution in [0, 0.1) is 5.41 Å². The highest BCUT2D eigenvalue weighted by atomic mass is 32.1. The van der Waals surface area contributed by atoms with Crippen LogP contribution in [-0.2, 0) is 4.74 Å². The van der Waals surface area contributed by atoms with Crippen molar-refractivity contribution in [2.75, 3.05) is 0 Å². The molecule has 15 heavy (non-hydrogen) atoms. The SMILES string of the molecule is CC1OC2=CC(C)(C)C=CC=C2CC1S. The second kappa shape index (κ2) is 3.75. The van der Waals surface area contributed by atoms with Gasteiger partial charge in [-0.25, -0.2) is 0 Å². The maximum Gasteiger partial charge on any atom is 0.119 e. The van der Waals surface area contributed by atoms with Gasteiger partial charge >= 0.3 is 0 Å². The third kappa shape index (κ3) is 2.31. The minimum absolute atomic E-state index is 0.0801. The van der Waals surface area contributed by atoms with Gasteiger partial charge in [-0.1, -0.05) is 32.1 Å². The van der Waals surface area contributed by atoms with Crippen molar-refractivity contribution in [1.82, 2.24) is 0 Å². The Labute approximate surface area is 97.3 Å². The van der Waals surface area contributed by atoms with Gasteiger partial charge in [0, 0.05) is 10.7 Å². The summed E-state index contributed by atoms with van der Waals surface area (Å²) in [5.41, 5.74) is 1.35. The molecule has 2 rings (SSSR count). The summed E-state index contributed by atoms with van der Waals surface area (Å²) < 4.78 is 5.89. The Morgan fingerprint density at radius 1 is 1.47 bits per heavy atom. The van der Waals surface area contributed by atoms with E-state index in [-0.39, 0.29) is 11.5 Å². The summed E-state index contributed by atoms with van der Waals surface area (Å²) in [5, 5.41) is 0.308. The molecule has 0 radical (unpaired) electrons. The largest absolute Gasteiger partial charge is 0.490 e. The molecule has 0 saturated carbocycles. The van der Waals surface area contributed by atoms with Gasteiger partial charge in [0.15, 0.2) is 0 Å². The molecule has 0 amide bonds. The highest BCUT2D eigenvalue weighted by molar-refractivity contribution is 7.81. The maximum absolute atomic E-state index is 5.89. The number of ether oxygens (including phenoxy) is 1. The molecule has 1 aliphatic carbocycles. The summed E-state index contributed by atoms with van der Waals surface area (Å²) in [6.07, 6.45) is 9.88. The van der Waals surface area contributed by atoms with Crippen LogP contribution in [-0.4, -0.2) is 11.4 Å². The molecule has 0 N–H and O–H groups in total. The van der Waals surface area contributed by atoms with E-state index < -0.39 is 0 Å². The van der Waals surface area contributed by atoms with Crippen LogP contribution in [0.3, 0.4) is 0 Å². The van der Waals surface area contributed by atoms with Gasteiger partial charge in [0.25, 0.3) is 0 Å². The molecule has 2 heteroatoms. The summed E-state index contributed by atoms with van der Waals surface area (Å²) >= 11 is 4.53. The topological polar surface area (TPSA) is 9.23 Å². The van der Waals surface area contributed by atoms with Gasteiger partial charge in [-0.2, -0.15) is 12.6 Å². The van der Waals surface area contributed by atoms with Crippen molar-refractivity contribution in [2.24, 2.45) is 5.41 Å². The van der Waals surface area contributed by atoms with Crippen molar-refractivity contribution in [1.29, 1.82) is 0 Å². The molecule has 1 nitrogen and oxygen atoms in total. The summed E-state index contributed by atoms with van der Waals surface area (Å²) in [4.78, 5) is 0. The number of rotatable bonds is 0. The van der Waals surface area contributed by atoms with E-state index in [1.54, 1.807) is 0 Å². The molecule has 0 aromatic carbocycles. The fourth-order valence-corrected chi connectivity index (χ4v) is 2.18. The number of hydrogen-bond acceptors (Lipinski definition) is 2. The minimum atomic E-state index is 0.0801. The van der Waals surface area contributed by atoms with Crippen LogP contribution in [0.25, 0.3) is 0 Å². The Morgan fingerprint density at radius 2 is 2.20 bits per heavy atom. The number of allylic oxidation sites excluding steroid dienone is 5. The van der Waals surface area contributed by atoms with Crippen LogP contribution in [0.5, 0.6) is 0 Å². The van der Waals surface area contributed by atoms with Gasteiger partial charge in [0.1, 0.15) is 11.9 Å². The lowest BCUT2D eigenvalue weighted by Crippen LogP contribution is -2.28. The molecule has 1 fully saturated rings. The van der Waals surface area contributed by atoms with Crippen LogP contribution in [0.15, 0.2) is 35.6 Å². The Balaban J connectivity index is 2.33. The summed E-state index contributed by atoms with van der Waals surface area (Å²) in [7, 11) is 0. The minimum Gasteiger partial charge on any atom is -0.490 e. The van der Waals surface area contributed by atoms with Gasteiger partial charge in [0.05, 0.1) is 0 Å². The fraction of sp³-hybridized carbons (Fsp3) is 0.538. The smallest absolute Gasteiger partial charge is 0.119 e. The first-order chi connectivity index (χ1) is 6.98. The van der Waals surface area contributed by atoms with Crippen molar-refractivity contribution < 1.29 is 4.74 Å². The number of hydrogen-bond donors (Lipinski definition) is 1.